The zero-order chi connectivity index (χ0) is 15.8. The van der Waals surface area contributed by atoms with Crippen LogP contribution in [0.3, 0.4) is 0 Å². The minimum absolute atomic E-state index is 0.292. The van der Waals surface area contributed by atoms with Gasteiger partial charge in [-0.15, -0.1) is 0 Å². The second kappa shape index (κ2) is 5.46. The molecule has 0 saturated carbocycles. The van der Waals surface area contributed by atoms with Crippen molar-refractivity contribution in [1.82, 2.24) is 0 Å². The SMILES string of the molecule is CS(=O)(=O)c1ccc(-c2cc(Cl)cc(N)c2C=N)cc1F. The Balaban J connectivity index is 2.69. The average molecular weight is 327 g/mol. The van der Waals surface area contributed by atoms with Crippen molar-refractivity contribution in [1.29, 1.82) is 5.41 Å². The van der Waals surface area contributed by atoms with Crippen molar-refractivity contribution in [2.75, 3.05) is 12.0 Å². The Morgan fingerprint density at radius 3 is 2.48 bits per heavy atom. The number of nitrogen functional groups attached to an aromatic ring is 1. The molecule has 0 heterocycles. The molecule has 4 nitrogen and oxygen atoms in total. The molecule has 3 N–H and O–H groups in total. The Bertz CT molecular complexity index is 835. The number of halogens is 2. The molecule has 0 aliphatic rings. The molecule has 0 bridgehead atoms. The third kappa shape index (κ3) is 3.06. The molecule has 7 heteroatoms. The fraction of sp³-hybridized carbons (Fsp3) is 0.0714. The molecule has 2 aromatic carbocycles. The molecule has 2 aromatic rings. The first kappa shape index (κ1) is 15.5. The van der Waals surface area contributed by atoms with Crippen LogP contribution in [-0.4, -0.2) is 20.9 Å². The van der Waals surface area contributed by atoms with Crippen LogP contribution < -0.4 is 5.73 Å². The average Bonchev–Trinajstić information content (AvgIpc) is 2.36. The molecule has 0 aromatic heterocycles. The summed E-state index contributed by atoms with van der Waals surface area (Å²) in [6.45, 7) is 0. The summed E-state index contributed by atoms with van der Waals surface area (Å²) in [5.74, 6) is -0.857. The van der Waals surface area contributed by atoms with Gasteiger partial charge in [0.2, 0.25) is 0 Å². The fourth-order valence-electron chi connectivity index (χ4n) is 2.01. The van der Waals surface area contributed by atoms with E-state index in [2.05, 4.69) is 0 Å². The zero-order valence-electron chi connectivity index (χ0n) is 11.0. The fourth-order valence-corrected chi connectivity index (χ4v) is 2.96. The maximum atomic E-state index is 14.0. The first-order valence-corrected chi connectivity index (χ1v) is 8.10. The lowest BCUT2D eigenvalue weighted by Crippen LogP contribution is -2.01. The minimum Gasteiger partial charge on any atom is -0.398 e. The van der Waals surface area contributed by atoms with Gasteiger partial charge in [-0.3, -0.25) is 0 Å². The van der Waals surface area contributed by atoms with Crippen LogP contribution in [0.15, 0.2) is 35.2 Å². The lowest BCUT2D eigenvalue weighted by Gasteiger charge is -2.11. The number of rotatable bonds is 3. The molecule has 0 unspecified atom stereocenters. The van der Waals surface area contributed by atoms with Crippen molar-refractivity contribution in [2.45, 2.75) is 4.90 Å². The minimum atomic E-state index is -3.64. The van der Waals surface area contributed by atoms with Gasteiger partial charge in [-0.25, -0.2) is 12.8 Å². The van der Waals surface area contributed by atoms with Gasteiger partial charge >= 0.3 is 0 Å². The summed E-state index contributed by atoms with van der Waals surface area (Å²) in [5, 5.41) is 7.75. The predicted octanol–water partition coefficient (Wildman–Crippen LogP) is 3.13. The third-order valence-electron chi connectivity index (χ3n) is 2.96. The maximum Gasteiger partial charge on any atom is 0.178 e. The quantitative estimate of drug-likeness (QED) is 0.671. The highest BCUT2D eigenvalue weighted by molar-refractivity contribution is 7.90. The Morgan fingerprint density at radius 1 is 1.29 bits per heavy atom. The van der Waals surface area contributed by atoms with E-state index in [1.807, 2.05) is 0 Å². The summed E-state index contributed by atoms with van der Waals surface area (Å²) < 4.78 is 36.8. The van der Waals surface area contributed by atoms with Crippen LogP contribution in [0.1, 0.15) is 5.56 Å². The Labute approximate surface area is 126 Å². The van der Waals surface area contributed by atoms with Gasteiger partial charge in [0.1, 0.15) is 10.7 Å². The zero-order valence-corrected chi connectivity index (χ0v) is 12.6. The number of anilines is 1. The van der Waals surface area contributed by atoms with Crippen LogP contribution in [0.25, 0.3) is 11.1 Å². The van der Waals surface area contributed by atoms with Crippen LogP contribution in [0, 0.1) is 11.2 Å². The summed E-state index contributed by atoms with van der Waals surface area (Å²) in [6, 6.07) is 6.77. The highest BCUT2D eigenvalue weighted by atomic mass is 35.5. The number of benzene rings is 2. The van der Waals surface area contributed by atoms with Crippen molar-refractivity contribution >= 4 is 33.3 Å². The molecule has 0 aliphatic heterocycles. The van der Waals surface area contributed by atoms with Gasteiger partial charge in [0, 0.05) is 28.7 Å². The van der Waals surface area contributed by atoms with Crippen molar-refractivity contribution in [3.05, 3.63) is 46.7 Å². The molecule has 21 heavy (non-hydrogen) atoms. The van der Waals surface area contributed by atoms with E-state index in [0.29, 0.717) is 27.4 Å². The van der Waals surface area contributed by atoms with E-state index in [9.17, 15) is 12.8 Å². The summed E-state index contributed by atoms with van der Waals surface area (Å²) >= 11 is 5.93. The summed E-state index contributed by atoms with van der Waals surface area (Å²) in [6.07, 6.45) is 1.98. The Kier molecular flexibility index (Phi) is 4.02. The highest BCUT2D eigenvalue weighted by Crippen LogP contribution is 2.32. The number of nitrogens with two attached hydrogens (primary N) is 1. The van der Waals surface area contributed by atoms with Crippen LogP contribution in [0.5, 0.6) is 0 Å². The summed E-state index contributed by atoms with van der Waals surface area (Å²) in [5.41, 5.74) is 7.33. The Morgan fingerprint density at radius 2 is 1.95 bits per heavy atom. The van der Waals surface area contributed by atoms with E-state index in [0.717, 1.165) is 18.5 Å². The molecule has 0 saturated heterocycles. The second-order valence-corrected chi connectivity index (χ2v) is 6.94. The standard InChI is InChI=1S/C14H12ClFN2O2S/c1-21(19,20)14-3-2-8(4-12(14)16)10-5-9(15)6-13(18)11(10)7-17/h2-7,17H,18H2,1H3. The largest absolute Gasteiger partial charge is 0.398 e. The number of hydrogen-bond acceptors (Lipinski definition) is 4. The summed E-state index contributed by atoms with van der Waals surface area (Å²) in [4.78, 5) is -0.377. The predicted molar refractivity (Wildman–Crippen MR) is 82.3 cm³/mol. The van der Waals surface area contributed by atoms with Crippen LogP contribution >= 0.6 is 11.6 Å². The van der Waals surface area contributed by atoms with Gasteiger partial charge in [0.05, 0.1) is 0 Å². The molecule has 0 amide bonds. The first-order chi connectivity index (χ1) is 9.74. The van der Waals surface area contributed by atoms with Crippen LogP contribution in [-0.2, 0) is 9.84 Å². The van der Waals surface area contributed by atoms with Gasteiger partial charge in [-0.2, -0.15) is 0 Å². The molecule has 0 spiro atoms. The van der Waals surface area contributed by atoms with Crippen molar-refractivity contribution in [3.63, 3.8) is 0 Å². The van der Waals surface area contributed by atoms with E-state index in [1.54, 1.807) is 6.07 Å². The maximum absolute atomic E-state index is 14.0. The first-order valence-electron chi connectivity index (χ1n) is 5.83. The number of sulfone groups is 1. The monoisotopic (exact) mass is 326 g/mol. The van der Waals surface area contributed by atoms with Gasteiger partial charge < -0.3 is 11.1 Å². The van der Waals surface area contributed by atoms with E-state index in [4.69, 9.17) is 22.7 Å². The van der Waals surface area contributed by atoms with Crippen LogP contribution in [0.2, 0.25) is 5.02 Å². The van der Waals surface area contributed by atoms with Crippen molar-refractivity contribution < 1.29 is 12.8 Å². The smallest absolute Gasteiger partial charge is 0.178 e. The van der Waals surface area contributed by atoms with E-state index >= 15 is 0 Å². The van der Waals surface area contributed by atoms with Crippen molar-refractivity contribution in [2.24, 2.45) is 0 Å². The topological polar surface area (TPSA) is 84.0 Å². The lowest BCUT2D eigenvalue weighted by molar-refractivity contribution is 0.571. The van der Waals surface area contributed by atoms with E-state index in [-0.39, 0.29) is 4.90 Å². The van der Waals surface area contributed by atoms with Crippen molar-refractivity contribution in [3.8, 4) is 11.1 Å². The van der Waals surface area contributed by atoms with E-state index in [1.165, 1.54) is 18.2 Å². The van der Waals surface area contributed by atoms with Gasteiger partial charge in [-0.05, 0) is 35.4 Å². The van der Waals surface area contributed by atoms with Gasteiger partial charge in [-0.1, -0.05) is 17.7 Å². The second-order valence-electron chi connectivity index (χ2n) is 4.52. The van der Waals surface area contributed by atoms with E-state index < -0.39 is 15.7 Å². The normalized spacial score (nSPS) is 11.4. The summed E-state index contributed by atoms with van der Waals surface area (Å²) in [7, 11) is -3.64. The highest BCUT2D eigenvalue weighted by Gasteiger charge is 2.16. The third-order valence-corrected chi connectivity index (χ3v) is 4.31. The Hall–Kier alpha value is -1.92. The molecule has 110 valence electrons. The molecule has 0 atom stereocenters. The molecular weight excluding hydrogens is 315 g/mol. The molecule has 0 radical (unpaired) electrons. The molecular formula is C14H12ClFN2O2S. The number of nitrogens with one attached hydrogen (secondary N) is 1. The lowest BCUT2D eigenvalue weighted by atomic mass is 9.99. The number of hydrogen-bond donors (Lipinski definition) is 2. The molecule has 0 fully saturated rings. The molecule has 0 aliphatic carbocycles. The van der Waals surface area contributed by atoms with Gasteiger partial charge in [0.15, 0.2) is 9.84 Å². The van der Waals surface area contributed by atoms with Crippen LogP contribution in [0.4, 0.5) is 10.1 Å². The molecule has 2 rings (SSSR count). The van der Waals surface area contributed by atoms with Gasteiger partial charge in [0.25, 0.3) is 0 Å².